The highest BCUT2D eigenvalue weighted by Crippen LogP contribution is 2.19. The quantitative estimate of drug-likeness (QED) is 0.837. The highest BCUT2D eigenvalue weighted by Gasteiger charge is 2.27. The largest absolute Gasteiger partial charge is 0.332 e. The van der Waals surface area contributed by atoms with E-state index < -0.39 is 0 Å². The van der Waals surface area contributed by atoms with E-state index in [1.54, 1.807) is 12.3 Å². The number of nitrogens with one attached hydrogen (secondary N) is 1. The average Bonchev–Trinajstić information content (AvgIpc) is 2.81. The van der Waals surface area contributed by atoms with Gasteiger partial charge in [-0.25, -0.2) is 0 Å². The molecule has 1 aliphatic heterocycles. The van der Waals surface area contributed by atoms with E-state index in [-0.39, 0.29) is 5.91 Å². The molecule has 1 aliphatic rings. The van der Waals surface area contributed by atoms with Crippen molar-refractivity contribution in [3.63, 3.8) is 0 Å². The minimum atomic E-state index is 0.0530. The fourth-order valence-electron chi connectivity index (χ4n) is 1.58. The maximum atomic E-state index is 12.1. The van der Waals surface area contributed by atoms with Gasteiger partial charge in [-0.1, -0.05) is 15.9 Å². The monoisotopic (exact) mass is 289 g/mol. The molecule has 1 aromatic rings. The van der Waals surface area contributed by atoms with E-state index in [0.29, 0.717) is 11.7 Å². The van der Waals surface area contributed by atoms with E-state index in [1.807, 2.05) is 16.7 Å². The molecule has 4 nitrogen and oxygen atoms in total. The zero-order chi connectivity index (χ0) is 10.7. The van der Waals surface area contributed by atoms with Crippen LogP contribution in [0.4, 0.5) is 0 Å². The second kappa shape index (κ2) is 5.03. The lowest BCUT2D eigenvalue weighted by molar-refractivity contribution is 0.0714. The summed E-state index contributed by atoms with van der Waals surface area (Å²) in [6.07, 6.45) is 1.61. The van der Waals surface area contributed by atoms with Crippen LogP contribution in [0.1, 0.15) is 10.5 Å². The topological polar surface area (TPSA) is 49.0 Å². The number of hydrogen-bond acceptors (Lipinski definition) is 3. The molecule has 0 radical (unpaired) electrons. The third-order valence-corrected chi connectivity index (χ3v) is 4.24. The summed E-state index contributed by atoms with van der Waals surface area (Å²) in [5.41, 5.74) is 0.577. The van der Waals surface area contributed by atoms with Gasteiger partial charge in [0.05, 0.1) is 6.04 Å². The van der Waals surface area contributed by atoms with Crippen molar-refractivity contribution in [2.45, 2.75) is 6.04 Å². The zero-order valence-corrected chi connectivity index (χ0v) is 10.6. The number of halogens is 1. The van der Waals surface area contributed by atoms with Gasteiger partial charge >= 0.3 is 0 Å². The van der Waals surface area contributed by atoms with Crippen LogP contribution in [0, 0.1) is 0 Å². The average molecular weight is 290 g/mol. The summed E-state index contributed by atoms with van der Waals surface area (Å²) >= 11 is 5.35. The van der Waals surface area contributed by atoms with Gasteiger partial charge in [0.25, 0.3) is 5.91 Å². The van der Waals surface area contributed by atoms with E-state index >= 15 is 0 Å². The van der Waals surface area contributed by atoms with Crippen molar-refractivity contribution in [1.29, 1.82) is 0 Å². The van der Waals surface area contributed by atoms with Gasteiger partial charge in [0.1, 0.15) is 5.69 Å². The van der Waals surface area contributed by atoms with Gasteiger partial charge in [0.15, 0.2) is 0 Å². The van der Waals surface area contributed by atoms with Crippen LogP contribution in [0.15, 0.2) is 12.3 Å². The van der Waals surface area contributed by atoms with Gasteiger partial charge < -0.3 is 4.90 Å². The Labute approximate surface area is 101 Å². The maximum Gasteiger partial charge on any atom is 0.272 e. The van der Waals surface area contributed by atoms with Crippen molar-refractivity contribution in [2.75, 3.05) is 23.4 Å². The molecule has 0 bridgehead atoms. The van der Waals surface area contributed by atoms with E-state index in [1.165, 1.54) is 0 Å². The fraction of sp³-hybridized carbons (Fsp3) is 0.556. The molecule has 6 heteroatoms. The van der Waals surface area contributed by atoms with Gasteiger partial charge in [-0.2, -0.15) is 16.9 Å². The number of carbonyl (C=O) groups excluding carboxylic acids is 1. The van der Waals surface area contributed by atoms with Gasteiger partial charge in [0.2, 0.25) is 0 Å². The molecule has 2 rings (SSSR count). The molecule has 1 aromatic heterocycles. The van der Waals surface area contributed by atoms with Crippen LogP contribution in [0.3, 0.4) is 0 Å². The molecule has 1 atom stereocenters. The zero-order valence-electron chi connectivity index (χ0n) is 8.15. The Hall–Kier alpha value is -0.490. The van der Waals surface area contributed by atoms with Crippen LogP contribution >= 0.6 is 27.7 Å². The summed E-state index contributed by atoms with van der Waals surface area (Å²) in [5, 5.41) is 7.35. The van der Waals surface area contributed by atoms with Gasteiger partial charge in [-0.15, -0.1) is 0 Å². The minimum Gasteiger partial charge on any atom is -0.332 e. The highest BCUT2D eigenvalue weighted by molar-refractivity contribution is 9.09. The molecule has 1 fully saturated rings. The normalized spacial score (nSPS) is 21.7. The second-order valence-corrected chi connectivity index (χ2v) is 5.15. The summed E-state index contributed by atoms with van der Waals surface area (Å²) in [6, 6.07) is 2.01. The Morgan fingerprint density at radius 3 is 3.33 bits per heavy atom. The maximum absolute atomic E-state index is 12.1. The number of thioether (sulfide) groups is 1. The van der Waals surface area contributed by atoms with Crippen molar-refractivity contribution < 1.29 is 4.79 Å². The van der Waals surface area contributed by atoms with Crippen molar-refractivity contribution in [3.05, 3.63) is 18.0 Å². The van der Waals surface area contributed by atoms with E-state index in [0.717, 1.165) is 23.4 Å². The van der Waals surface area contributed by atoms with Crippen molar-refractivity contribution in [3.8, 4) is 0 Å². The number of amides is 1. The second-order valence-electron chi connectivity index (χ2n) is 3.35. The van der Waals surface area contributed by atoms with Gasteiger partial charge in [-0.05, 0) is 6.07 Å². The lowest BCUT2D eigenvalue weighted by Crippen LogP contribution is -2.47. The van der Waals surface area contributed by atoms with Crippen molar-refractivity contribution >= 4 is 33.6 Å². The summed E-state index contributed by atoms with van der Waals surface area (Å²) in [7, 11) is 0. The Bertz CT molecular complexity index is 330. The molecule has 0 aliphatic carbocycles. The third-order valence-electron chi connectivity index (χ3n) is 2.40. The van der Waals surface area contributed by atoms with E-state index in [9.17, 15) is 4.79 Å². The van der Waals surface area contributed by atoms with Crippen molar-refractivity contribution in [2.24, 2.45) is 0 Å². The Kier molecular flexibility index (Phi) is 3.69. The molecule has 1 unspecified atom stereocenters. The first-order chi connectivity index (χ1) is 7.33. The van der Waals surface area contributed by atoms with Crippen LogP contribution in [-0.4, -0.2) is 50.4 Å². The number of aromatic amines is 1. The molecule has 2 heterocycles. The molecule has 0 spiro atoms. The number of nitrogens with zero attached hydrogens (tertiary/aromatic N) is 2. The Balaban J connectivity index is 2.11. The van der Waals surface area contributed by atoms with Crippen LogP contribution in [0.2, 0.25) is 0 Å². The van der Waals surface area contributed by atoms with Gasteiger partial charge in [0, 0.05) is 29.6 Å². The first-order valence-electron chi connectivity index (χ1n) is 4.77. The third kappa shape index (κ3) is 2.36. The molecule has 1 amide bonds. The standard InChI is InChI=1S/C9H12BrN3OS/c10-5-7-6-15-4-3-13(7)9(14)8-1-2-11-12-8/h1-2,7H,3-6H2,(H,11,12). The number of rotatable bonds is 2. The summed E-state index contributed by atoms with van der Waals surface area (Å²) in [4.78, 5) is 14.0. The molecular formula is C9H12BrN3OS. The summed E-state index contributed by atoms with van der Waals surface area (Å²) < 4.78 is 0. The minimum absolute atomic E-state index is 0.0530. The fourth-order valence-corrected chi connectivity index (χ4v) is 3.52. The number of carbonyl (C=O) groups is 1. The molecule has 1 saturated heterocycles. The molecule has 82 valence electrons. The summed E-state index contributed by atoms with van der Waals surface area (Å²) in [5.74, 6) is 2.08. The number of alkyl halides is 1. The van der Waals surface area contributed by atoms with Crippen LogP contribution in [0.5, 0.6) is 0 Å². The van der Waals surface area contributed by atoms with E-state index in [4.69, 9.17) is 0 Å². The van der Waals surface area contributed by atoms with Gasteiger partial charge in [-0.3, -0.25) is 9.89 Å². The SMILES string of the molecule is O=C(c1ccn[nH]1)N1CCSCC1CBr. The van der Waals surface area contributed by atoms with Crippen molar-refractivity contribution in [1.82, 2.24) is 15.1 Å². The molecular weight excluding hydrogens is 278 g/mol. The number of aromatic nitrogens is 2. The van der Waals surface area contributed by atoms with Crippen LogP contribution in [0.25, 0.3) is 0 Å². The lowest BCUT2D eigenvalue weighted by Gasteiger charge is -2.33. The predicted molar refractivity (Wildman–Crippen MR) is 64.5 cm³/mol. The molecule has 15 heavy (non-hydrogen) atoms. The Morgan fingerprint density at radius 1 is 1.80 bits per heavy atom. The molecule has 0 saturated carbocycles. The highest BCUT2D eigenvalue weighted by atomic mass is 79.9. The van der Waals surface area contributed by atoms with Crippen LogP contribution in [-0.2, 0) is 0 Å². The molecule has 1 N–H and O–H groups in total. The lowest BCUT2D eigenvalue weighted by atomic mass is 10.2. The number of hydrogen-bond donors (Lipinski definition) is 1. The predicted octanol–water partition coefficient (Wildman–Crippen LogP) is 1.36. The smallest absolute Gasteiger partial charge is 0.272 e. The van der Waals surface area contributed by atoms with Crippen LogP contribution < -0.4 is 0 Å². The number of H-pyrrole nitrogens is 1. The first kappa shape index (κ1) is 11.0. The first-order valence-corrected chi connectivity index (χ1v) is 7.04. The summed E-state index contributed by atoms with van der Waals surface area (Å²) in [6.45, 7) is 0.818. The molecule has 0 aromatic carbocycles. The van der Waals surface area contributed by atoms with E-state index in [2.05, 4.69) is 26.1 Å². The Morgan fingerprint density at radius 2 is 2.67 bits per heavy atom.